The van der Waals surface area contributed by atoms with E-state index in [1.165, 1.54) is 4.88 Å². The van der Waals surface area contributed by atoms with Crippen molar-refractivity contribution in [3.8, 4) is 0 Å². The fourth-order valence-electron chi connectivity index (χ4n) is 2.07. The van der Waals surface area contributed by atoms with Crippen LogP contribution in [0.15, 0.2) is 22.5 Å². The van der Waals surface area contributed by atoms with Gasteiger partial charge in [-0.05, 0) is 26.0 Å². The third-order valence-corrected chi connectivity index (χ3v) is 6.13. The Labute approximate surface area is 135 Å². The monoisotopic (exact) mass is 342 g/mol. The Morgan fingerprint density at radius 1 is 1.30 bits per heavy atom. The molecule has 1 unspecified atom stereocenters. The van der Waals surface area contributed by atoms with Gasteiger partial charge in [-0.2, -0.15) is 0 Å². The Kier molecular flexibility index (Phi) is 3.91. The maximum atomic E-state index is 6.33. The Morgan fingerprint density at radius 2 is 2.10 bits per heavy atom. The topological polar surface area (TPSA) is 24.4 Å². The molecule has 3 rings (SSSR count). The van der Waals surface area contributed by atoms with Crippen molar-refractivity contribution >= 4 is 57.9 Å². The number of nitrogens with zero attached hydrogens (tertiary/aromatic N) is 1. The molecule has 20 heavy (non-hydrogen) atoms. The van der Waals surface area contributed by atoms with E-state index in [2.05, 4.69) is 28.7 Å². The van der Waals surface area contributed by atoms with Crippen LogP contribution >= 0.6 is 45.9 Å². The molecule has 2 aromatic heterocycles. The minimum Gasteiger partial charge on any atom is -0.346 e. The Bertz CT molecular complexity index is 713. The van der Waals surface area contributed by atoms with Gasteiger partial charge in [0.25, 0.3) is 0 Å². The highest BCUT2D eigenvalue weighted by molar-refractivity contribution is 7.12. The lowest BCUT2D eigenvalue weighted by Crippen LogP contribution is -2.15. The lowest BCUT2D eigenvalue weighted by molar-refractivity contribution is 0.913. The van der Waals surface area contributed by atoms with E-state index in [0.29, 0.717) is 0 Å². The quantitative estimate of drug-likeness (QED) is 0.771. The van der Waals surface area contributed by atoms with Crippen LogP contribution in [0.3, 0.4) is 0 Å². The third-order valence-electron chi connectivity index (χ3n) is 3.07. The summed E-state index contributed by atoms with van der Waals surface area (Å²) in [6.07, 6.45) is 3.79. The van der Waals surface area contributed by atoms with Gasteiger partial charge in [-0.1, -0.05) is 23.2 Å². The van der Waals surface area contributed by atoms with Gasteiger partial charge in [-0.15, -0.1) is 22.7 Å². The summed E-state index contributed by atoms with van der Waals surface area (Å²) in [5.74, 6) is 0. The molecule has 1 aliphatic heterocycles. The normalized spacial score (nSPS) is 18.0. The van der Waals surface area contributed by atoms with Gasteiger partial charge >= 0.3 is 0 Å². The molecular formula is C14H12Cl2N2S2. The van der Waals surface area contributed by atoms with Crippen LogP contribution in [-0.4, -0.2) is 6.34 Å². The van der Waals surface area contributed by atoms with E-state index in [9.17, 15) is 0 Å². The first kappa shape index (κ1) is 14.1. The summed E-state index contributed by atoms with van der Waals surface area (Å²) < 4.78 is 0. The molecule has 0 radical (unpaired) electrons. The lowest BCUT2D eigenvalue weighted by atomic mass is 10.1. The van der Waals surface area contributed by atoms with Crippen molar-refractivity contribution in [1.82, 2.24) is 5.32 Å². The SMILES string of the molecule is Cc1cc(Cl)c(C2C=C(c3csc(C)c3Cl)NC=N2)s1. The summed E-state index contributed by atoms with van der Waals surface area (Å²) in [4.78, 5) is 7.84. The molecule has 1 aliphatic rings. The zero-order valence-corrected chi connectivity index (χ0v) is 14.1. The second-order valence-corrected chi connectivity index (χ2v) is 7.69. The molecule has 3 heterocycles. The predicted molar refractivity (Wildman–Crippen MR) is 90.5 cm³/mol. The Morgan fingerprint density at radius 3 is 2.70 bits per heavy atom. The first-order valence-electron chi connectivity index (χ1n) is 6.06. The molecule has 0 fully saturated rings. The zero-order valence-electron chi connectivity index (χ0n) is 10.9. The molecule has 2 nitrogen and oxygen atoms in total. The molecular weight excluding hydrogens is 331 g/mol. The average molecular weight is 343 g/mol. The van der Waals surface area contributed by atoms with Crippen LogP contribution in [0.4, 0.5) is 0 Å². The van der Waals surface area contributed by atoms with Gasteiger partial charge in [-0.25, -0.2) is 0 Å². The van der Waals surface area contributed by atoms with Gasteiger partial charge < -0.3 is 5.32 Å². The van der Waals surface area contributed by atoms with Crippen LogP contribution in [0, 0.1) is 13.8 Å². The van der Waals surface area contributed by atoms with Crippen LogP contribution in [0.5, 0.6) is 0 Å². The summed E-state index contributed by atoms with van der Waals surface area (Å²) >= 11 is 15.9. The maximum absolute atomic E-state index is 6.33. The third kappa shape index (κ3) is 2.53. The maximum Gasteiger partial charge on any atom is 0.108 e. The number of hydrogen-bond acceptors (Lipinski definition) is 4. The molecule has 2 aromatic rings. The van der Waals surface area contributed by atoms with Gasteiger partial charge in [-0.3, -0.25) is 4.99 Å². The summed E-state index contributed by atoms with van der Waals surface area (Å²) in [5.41, 5.74) is 2.01. The molecule has 0 aromatic carbocycles. The highest BCUT2D eigenvalue weighted by Crippen LogP contribution is 2.38. The fraction of sp³-hybridized carbons (Fsp3) is 0.214. The van der Waals surface area contributed by atoms with E-state index in [1.807, 2.05) is 13.0 Å². The van der Waals surface area contributed by atoms with Crippen LogP contribution in [0.25, 0.3) is 5.70 Å². The molecule has 0 saturated heterocycles. The van der Waals surface area contributed by atoms with Crippen molar-refractivity contribution < 1.29 is 0 Å². The average Bonchev–Trinajstić information content (AvgIpc) is 2.93. The van der Waals surface area contributed by atoms with Gasteiger partial charge in [0, 0.05) is 26.4 Å². The number of rotatable bonds is 2. The molecule has 0 spiro atoms. The van der Waals surface area contributed by atoms with E-state index >= 15 is 0 Å². The second-order valence-electron chi connectivity index (χ2n) is 4.54. The van der Waals surface area contributed by atoms with Gasteiger partial charge in [0.1, 0.15) is 6.04 Å². The predicted octanol–water partition coefficient (Wildman–Crippen LogP) is 5.45. The molecule has 1 N–H and O–H groups in total. The highest BCUT2D eigenvalue weighted by atomic mass is 35.5. The number of hydrogen-bond donors (Lipinski definition) is 1. The number of aliphatic imine (C=N–C) groups is 1. The Balaban J connectivity index is 1.99. The summed E-state index contributed by atoms with van der Waals surface area (Å²) in [7, 11) is 0. The van der Waals surface area contributed by atoms with Crippen LogP contribution in [0.2, 0.25) is 10.0 Å². The van der Waals surface area contributed by atoms with Crippen molar-refractivity contribution in [3.05, 3.63) is 47.8 Å². The molecule has 0 aliphatic carbocycles. The van der Waals surface area contributed by atoms with Crippen LogP contribution in [0.1, 0.15) is 26.2 Å². The fourth-order valence-corrected chi connectivity index (χ4v) is 4.57. The largest absolute Gasteiger partial charge is 0.346 e. The first-order valence-corrected chi connectivity index (χ1v) is 8.51. The van der Waals surface area contributed by atoms with Crippen LogP contribution in [-0.2, 0) is 0 Å². The lowest BCUT2D eigenvalue weighted by Gasteiger charge is -2.16. The molecule has 0 amide bonds. The zero-order chi connectivity index (χ0) is 14.3. The molecule has 0 bridgehead atoms. The van der Waals surface area contributed by atoms with E-state index in [1.54, 1.807) is 29.0 Å². The molecule has 6 heteroatoms. The number of aryl methyl sites for hydroxylation is 2. The smallest absolute Gasteiger partial charge is 0.108 e. The van der Waals surface area contributed by atoms with Gasteiger partial charge in [0.05, 0.1) is 21.3 Å². The Hall–Kier alpha value is -0.810. The summed E-state index contributed by atoms with van der Waals surface area (Å²) in [6, 6.07) is 1.93. The van der Waals surface area contributed by atoms with Crippen molar-refractivity contribution in [1.29, 1.82) is 0 Å². The standard InChI is InChI=1S/C14H12Cl2N2S2/c1-7-3-10(15)14(20-7)12-4-11(17-6-18-12)9-5-19-8(2)13(9)16/h3-6,12H,1-2H3,(H,17,18). The van der Waals surface area contributed by atoms with Gasteiger partial charge in [0.2, 0.25) is 0 Å². The number of halogens is 2. The molecule has 1 atom stereocenters. The number of nitrogens with one attached hydrogen (secondary N) is 1. The van der Waals surface area contributed by atoms with E-state index in [0.717, 1.165) is 31.1 Å². The minimum absolute atomic E-state index is 0.0475. The van der Waals surface area contributed by atoms with Crippen LogP contribution < -0.4 is 5.32 Å². The van der Waals surface area contributed by atoms with E-state index in [4.69, 9.17) is 23.2 Å². The molecule has 104 valence electrons. The van der Waals surface area contributed by atoms with Gasteiger partial charge in [0.15, 0.2) is 0 Å². The summed E-state index contributed by atoms with van der Waals surface area (Å²) in [6.45, 7) is 4.07. The van der Waals surface area contributed by atoms with E-state index in [-0.39, 0.29) is 6.04 Å². The number of thiophene rings is 2. The van der Waals surface area contributed by atoms with Crippen molar-refractivity contribution in [2.75, 3.05) is 0 Å². The summed E-state index contributed by atoms with van der Waals surface area (Å²) in [5, 5.41) is 6.81. The van der Waals surface area contributed by atoms with Crippen molar-refractivity contribution in [2.24, 2.45) is 4.99 Å². The van der Waals surface area contributed by atoms with Crippen molar-refractivity contribution in [3.63, 3.8) is 0 Å². The van der Waals surface area contributed by atoms with E-state index < -0.39 is 0 Å². The first-order chi connectivity index (χ1) is 9.56. The highest BCUT2D eigenvalue weighted by Gasteiger charge is 2.20. The minimum atomic E-state index is -0.0475. The molecule has 0 saturated carbocycles. The second kappa shape index (κ2) is 5.53. The van der Waals surface area contributed by atoms with Crippen molar-refractivity contribution in [2.45, 2.75) is 19.9 Å².